The van der Waals surface area contributed by atoms with Crippen LogP contribution in [0.5, 0.6) is 0 Å². The molecule has 0 spiro atoms. The summed E-state index contributed by atoms with van der Waals surface area (Å²) < 4.78 is 25.7. The smallest absolute Gasteiger partial charge is 0.200 e. The molecule has 126 valence electrons. The Balaban J connectivity index is 1.76. The first kappa shape index (κ1) is 16.4. The summed E-state index contributed by atoms with van der Waals surface area (Å²) in [5, 5.41) is 11.5. The van der Waals surface area contributed by atoms with Crippen molar-refractivity contribution >= 4 is 21.2 Å². The number of fused-ring (bicyclic) bond motifs is 1. The van der Waals surface area contributed by atoms with Crippen LogP contribution >= 0.6 is 0 Å². The summed E-state index contributed by atoms with van der Waals surface area (Å²) in [7, 11) is -3.45. The first-order valence-electron chi connectivity index (χ1n) is 7.52. The van der Waals surface area contributed by atoms with Gasteiger partial charge in [0.2, 0.25) is 0 Å². The van der Waals surface area contributed by atoms with Crippen LogP contribution in [-0.4, -0.2) is 32.7 Å². The highest BCUT2D eigenvalue weighted by molar-refractivity contribution is 7.92. The summed E-state index contributed by atoms with van der Waals surface area (Å²) in [6, 6.07) is 8.91. The minimum absolute atomic E-state index is 0.0773. The van der Waals surface area contributed by atoms with Gasteiger partial charge in [0, 0.05) is 6.20 Å². The molecule has 0 aliphatic carbocycles. The number of hydrogen-bond acceptors (Lipinski definition) is 6. The fourth-order valence-corrected chi connectivity index (χ4v) is 3.22. The average Bonchev–Trinajstić information content (AvgIpc) is 2.95. The molecule has 0 atom stereocenters. The van der Waals surface area contributed by atoms with Crippen LogP contribution in [0.3, 0.4) is 0 Å². The molecule has 0 aliphatic rings. The molecular formula is C16H19N5O2S. The Morgan fingerprint density at radius 2 is 1.92 bits per heavy atom. The maximum absolute atomic E-state index is 12.4. The molecule has 0 bridgehead atoms. The van der Waals surface area contributed by atoms with Gasteiger partial charge in [-0.25, -0.2) is 13.4 Å². The highest BCUT2D eigenvalue weighted by Crippen LogP contribution is 2.23. The number of hydrogen-bond donors (Lipinski definition) is 1. The third-order valence-electron chi connectivity index (χ3n) is 3.65. The number of nitrogens with one attached hydrogen (secondary N) is 1. The molecule has 0 saturated heterocycles. The van der Waals surface area contributed by atoms with Crippen molar-refractivity contribution in [2.75, 3.05) is 5.32 Å². The van der Waals surface area contributed by atoms with Gasteiger partial charge in [-0.3, -0.25) is 4.40 Å². The van der Waals surface area contributed by atoms with Crippen LogP contribution in [0.4, 0.5) is 5.69 Å². The summed E-state index contributed by atoms with van der Waals surface area (Å²) in [6.07, 6.45) is 3.41. The minimum atomic E-state index is -3.45. The quantitative estimate of drug-likeness (QED) is 0.780. The number of pyridine rings is 2. The van der Waals surface area contributed by atoms with E-state index < -0.39 is 14.6 Å². The zero-order valence-electron chi connectivity index (χ0n) is 13.8. The fraction of sp³-hybridized carbons (Fsp3) is 0.312. The van der Waals surface area contributed by atoms with E-state index in [0.29, 0.717) is 6.54 Å². The topological polar surface area (TPSA) is 89.2 Å². The van der Waals surface area contributed by atoms with E-state index >= 15 is 0 Å². The van der Waals surface area contributed by atoms with Crippen molar-refractivity contribution in [1.29, 1.82) is 0 Å². The van der Waals surface area contributed by atoms with Gasteiger partial charge >= 0.3 is 0 Å². The van der Waals surface area contributed by atoms with E-state index in [9.17, 15) is 8.42 Å². The zero-order chi connectivity index (χ0) is 17.4. The maximum atomic E-state index is 12.4. The van der Waals surface area contributed by atoms with Gasteiger partial charge in [0.15, 0.2) is 26.3 Å². The third kappa shape index (κ3) is 2.96. The molecule has 24 heavy (non-hydrogen) atoms. The van der Waals surface area contributed by atoms with Crippen LogP contribution in [0.15, 0.2) is 47.8 Å². The van der Waals surface area contributed by atoms with Gasteiger partial charge in [0.05, 0.1) is 23.2 Å². The second kappa shape index (κ2) is 5.86. The molecule has 3 aromatic heterocycles. The molecule has 0 saturated carbocycles. The summed E-state index contributed by atoms with van der Waals surface area (Å²) in [5.74, 6) is 0.761. The Hall–Kier alpha value is -2.48. The highest BCUT2D eigenvalue weighted by Gasteiger charge is 2.31. The average molecular weight is 345 g/mol. The fourth-order valence-electron chi connectivity index (χ4n) is 2.15. The van der Waals surface area contributed by atoms with Crippen LogP contribution in [-0.2, 0) is 16.4 Å². The van der Waals surface area contributed by atoms with Crippen LogP contribution in [0.25, 0.3) is 5.65 Å². The lowest BCUT2D eigenvalue weighted by Gasteiger charge is -2.18. The minimum Gasteiger partial charge on any atom is -0.376 e. The van der Waals surface area contributed by atoms with E-state index in [2.05, 4.69) is 20.5 Å². The predicted molar refractivity (Wildman–Crippen MR) is 91.5 cm³/mol. The van der Waals surface area contributed by atoms with Crippen molar-refractivity contribution in [3.8, 4) is 0 Å². The number of aromatic nitrogens is 4. The standard InChI is InChI=1S/C16H19N5O2S/c1-16(2,3)24(22,23)15-8-7-12(10-18-15)17-11-14-20-19-13-6-4-5-9-21(13)14/h4-10,17H,11H2,1-3H3. The van der Waals surface area contributed by atoms with Crippen molar-refractivity contribution in [2.45, 2.75) is 37.1 Å². The molecule has 0 radical (unpaired) electrons. The van der Waals surface area contributed by atoms with Gasteiger partial charge < -0.3 is 5.32 Å². The second-order valence-electron chi connectivity index (χ2n) is 6.40. The van der Waals surface area contributed by atoms with E-state index in [4.69, 9.17) is 0 Å². The second-order valence-corrected chi connectivity index (χ2v) is 9.05. The van der Waals surface area contributed by atoms with Crippen molar-refractivity contribution in [1.82, 2.24) is 19.6 Å². The van der Waals surface area contributed by atoms with Crippen LogP contribution in [0.1, 0.15) is 26.6 Å². The van der Waals surface area contributed by atoms with E-state index in [1.165, 1.54) is 12.3 Å². The molecule has 3 aromatic rings. The zero-order valence-corrected chi connectivity index (χ0v) is 14.6. The van der Waals surface area contributed by atoms with Crippen LogP contribution in [0, 0.1) is 0 Å². The summed E-state index contributed by atoms with van der Waals surface area (Å²) in [6.45, 7) is 5.43. The monoisotopic (exact) mass is 345 g/mol. The van der Waals surface area contributed by atoms with Crippen LogP contribution < -0.4 is 5.32 Å². The molecule has 0 aliphatic heterocycles. The van der Waals surface area contributed by atoms with E-state index in [-0.39, 0.29) is 5.03 Å². The molecule has 3 heterocycles. The molecule has 0 fully saturated rings. The SMILES string of the molecule is CC(C)(C)S(=O)(=O)c1ccc(NCc2nnc3ccccn23)cn1. The lowest BCUT2D eigenvalue weighted by Crippen LogP contribution is -2.28. The van der Waals surface area contributed by atoms with E-state index in [1.807, 2.05) is 28.8 Å². The Morgan fingerprint density at radius 3 is 2.58 bits per heavy atom. The third-order valence-corrected chi connectivity index (χ3v) is 6.06. The first-order chi connectivity index (χ1) is 11.3. The van der Waals surface area contributed by atoms with Crippen molar-refractivity contribution in [2.24, 2.45) is 0 Å². The summed E-state index contributed by atoms with van der Waals surface area (Å²) in [4.78, 5) is 4.09. The largest absolute Gasteiger partial charge is 0.376 e. The van der Waals surface area contributed by atoms with Crippen LogP contribution in [0.2, 0.25) is 0 Å². The number of nitrogens with zero attached hydrogens (tertiary/aromatic N) is 4. The van der Waals surface area contributed by atoms with Gasteiger partial charge in [-0.05, 0) is 45.0 Å². The molecule has 0 unspecified atom stereocenters. The molecular weight excluding hydrogens is 326 g/mol. The first-order valence-corrected chi connectivity index (χ1v) is 9.00. The Kier molecular flexibility index (Phi) is 4.00. The summed E-state index contributed by atoms with van der Waals surface area (Å²) in [5.41, 5.74) is 1.49. The van der Waals surface area contributed by atoms with E-state index in [0.717, 1.165) is 17.2 Å². The number of sulfone groups is 1. The lowest BCUT2D eigenvalue weighted by atomic mass is 10.3. The Labute approximate surface area is 140 Å². The predicted octanol–water partition coefficient (Wildman–Crippen LogP) is 2.31. The molecule has 7 nitrogen and oxygen atoms in total. The van der Waals surface area contributed by atoms with Crippen molar-refractivity contribution in [3.63, 3.8) is 0 Å². The molecule has 0 amide bonds. The highest BCUT2D eigenvalue weighted by atomic mass is 32.2. The Bertz CT molecular complexity index is 956. The number of anilines is 1. The Morgan fingerprint density at radius 1 is 1.12 bits per heavy atom. The van der Waals surface area contributed by atoms with Gasteiger partial charge in [-0.2, -0.15) is 0 Å². The summed E-state index contributed by atoms with van der Waals surface area (Å²) >= 11 is 0. The molecule has 0 aromatic carbocycles. The lowest BCUT2D eigenvalue weighted by molar-refractivity contribution is 0.556. The number of rotatable bonds is 4. The van der Waals surface area contributed by atoms with Gasteiger partial charge in [0.1, 0.15) is 0 Å². The maximum Gasteiger partial charge on any atom is 0.200 e. The van der Waals surface area contributed by atoms with Crippen molar-refractivity contribution in [3.05, 3.63) is 48.5 Å². The van der Waals surface area contributed by atoms with Crippen molar-refractivity contribution < 1.29 is 8.42 Å². The van der Waals surface area contributed by atoms with Gasteiger partial charge in [0.25, 0.3) is 0 Å². The molecule has 1 N–H and O–H groups in total. The van der Waals surface area contributed by atoms with Gasteiger partial charge in [-0.15, -0.1) is 10.2 Å². The normalized spacial score (nSPS) is 12.5. The van der Waals surface area contributed by atoms with Gasteiger partial charge in [-0.1, -0.05) is 6.07 Å². The van der Waals surface area contributed by atoms with E-state index in [1.54, 1.807) is 26.8 Å². The molecule has 3 rings (SSSR count). The molecule has 8 heteroatoms.